The van der Waals surface area contributed by atoms with E-state index in [1.807, 2.05) is 0 Å². The van der Waals surface area contributed by atoms with Crippen LogP contribution < -0.4 is 9.62 Å². The highest BCUT2D eigenvalue weighted by molar-refractivity contribution is 7.90. The van der Waals surface area contributed by atoms with Crippen molar-refractivity contribution in [1.82, 2.24) is 19.6 Å². The molecule has 1 aromatic carbocycles. The van der Waals surface area contributed by atoms with Gasteiger partial charge in [0, 0.05) is 44.1 Å². The zero-order chi connectivity index (χ0) is 21.8. The standard InChI is InChI=1S/C21H26N6O3S/c1-2-3-8-17(24-19-16-7-4-5-9-18(16)31(29,30)25-19)20(28)26-12-14-27(15-13-26)21-22-10-6-11-23-21/h4-7,9-11,17H,2-3,8,12-15H2,1H3,(H,24,25). The number of aromatic nitrogens is 2. The molecular formula is C21H26N6O3S. The number of aliphatic imine (C=N–C) groups is 1. The van der Waals surface area contributed by atoms with Crippen LogP contribution in [0.2, 0.25) is 0 Å². The Hall–Kier alpha value is -3.01. The number of carbonyl (C=O) groups is 1. The first kappa shape index (κ1) is 21.2. The van der Waals surface area contributed by atoms with Gasteiger partial charge in [-0.2, -0.15) is 0 Å². The van der Waals surface area contributed by atoms with Gasteiger partial charge in [0.2, 0.25) is 11.9 Å². The summed E-state index contributed by atoms with van der Waals surface area (Å²) in [6.45, 7) is 4.44. The number of nitrogens with one attached hydrogen (secondary N) is 1. The number of carbonyl (C=O) groups excluding carboxylic acids is 1. The fourth-order valence-corrected chi connectivity index (χ4v) is 5.06. The van der Waals surface area contributed by atoms with E-state index in [9.17, 15) is 13.2 Å². The van der Waals surface area contributed by atoms with Crippen molar-refractivity contribution in [3.8, 4) is 0 Å². The van der Waals surface area contributed by atoms with Crippen LogP contribution in [-0.4, -0.2) is 67.2 Å². The van der Waals surface area contributed by atoms with Crippen molar-refractivity contribution in [2.45, 2.75) is 37.1 Å². The highest BCUT2D eigenvalue weighted by atomic mass is 32.2. The number of amides is 1. The summed E-state index contributed by atoms with van der Waals surface area (Å²) in [6.07, 6.45) is 5.74. The molecule has 0 aliphatic carbocycles. The first-order valence-electron chi connectivity index (χ1n) is 10.5. The molecule has 4 rings (SSSR count). The topological polar surface area (TPSA) is 108 Å². The zero-order valence-electron chi connectivity index (χ0n) is 17.4. The Bertz CT molecular complexity index is 1070. The van der Waals surface area contributed by atoms with Gasteiger partial charge in [-0.3, -0.25) is 14.5 Å². The van der Waals surface area contributed by atoms with Gasteiger partial charge in [0.05, 0.1) is 4.90 Å². The Kier molecular flexibility index (Phi) is 6.17. The van der Waals surface area contributed by atoms with Crippen molar-refractivity contribution in [2.24, 2.45) is 4.99 Å². The quantitative estimate of drug-likeness (QED) is 0.725. The van der Waals surface area contributed by atoms with Crippen LogP contribution in [0.3, 0.4) is 0 Å². The van der Waals surface area contributed by atoms with Gasteiger partial charge in [-0.1, -0.05) is 31.9 Å². The number of unbranched alkanes of at least 4 members (excludes halogenated alkanes) is 1. The van der Waals surface area contributed by atoms with Crippen LogP contribution in [0.1, 0.15) is 31.7 Å². The van der Waals surface area contributed by atoms with Crippen molar-refractivity contribution in [3.63, 3.8) is 0 Å². The fraction of sp³-hybridized carbons (Fsp3) is 0.429. The lowest BCUT2D eigenvalue weighted by molar-refractivity contribution is -0.133. The lowest BCUT2D eigenvalue weighted by atomic mass is 10.1. The minimum atomic E-state index is -3.64. The summed E-state index contributed by atoms with van der Waals surface area (Å²) in [5.74, 6) is 0.842. The molecule has 9 nitrogen and oxygen atoms in total. The molecule has 3 heterocycles. The predicted molar refractivity (Wildman–Crippen MR) is 117 cm³/mol. The first-order chi connectivity index (χ1) is 15.0. The molecule has 1 amide bonds. The van der Waals surface area contributed by atoms with E-state index in [4.69, 9.17) is 0 Å². The summed E-state index contributed by atoms with van der Waals surface area (Å²) in [5, 5.41) is 0. The third kappa shape index (κ3) is 4.53. The maximum absolute atomic E-state index is 13.3. The second-order valence-electron chi connectivity index (χ2n) is 7.60. The molecule has 0 radical (unpaired) electrons. The van der Waals surface area contributed by atoms with E-state index >= 15 is 0 Å². The molecule has 2 aliphatic rings. The van der Waals surface area contributed by atoms with E-state index in [0.717, 1.165) is 12.8 Å². The largest absolute Gasteiger partial charge is 0.337 e. The van der Waals surface area contributed by atoms with Crippen LogP contribution in [0.15, 0.2) is 52.6 Å². The number of hydrogen-bond donors (Lipinski definition) is 1. The van der Waals surface area contributed by atoms with Crippen LogP contribution in [0.5, 0.6) is 0 Å². The van der Waals surface area contributed by atoms with E-state index in [0.29, 0.717) is 44.1 Å². The molecule has 1 atom stereocenters. The summed E-state index contributed by atoms with van der Waals surface area (Å²) in [6, 6.07) is 7.86. The SMILES string of the molecule is CCCCC(N=C1NS(=O)(=O)c2ccccc21)C(=O)N1CCN(c2ncccn2)CC1. The first-order valence-corrected chi connectivity index (χ1v) is 12.0. The predicted octanol–water partition coefficient (Wildman–Crippen LogP) is 1.42. The number of fused-ring (bicyclic) bond motifs is 1. The normalized spacial score (nSPS) is 19.7. The third-order valence-corrected chi connectivity index (χ3v) is 6.89. The summed E-state index contributed by atoms with van der Waals surface area (Å²) >= 11 is 0. The van der Waals surface area contributed by atoms with Gasteiger partial charge < -0.3 is 9.80 Å². The monoisotopic (exact) mass is 442 g/mol. The van der Waals surface area contributed by atoms with Crippen LogP contribution in [0.25, 0.3) is 0 Å². The van der Waals surface area contributed by atoms with Gasteiger partial charge in [0.25, 0.3) is 10.0 Å². The summed E-state index contributed by atoms with van der Waals surface area (Å²) in [7, 11) is -3.64. The highest BCUT2D eigenvalue weighted by Crippen LogP contribution is 2.24. The molecule has 10 heteroatoms. The molecule has 1 N–H and O–H groups in total. The molecule has 0 spiro atoms. The molecule has 2 aliphatic heterocycles. The molecular weight excluding hydrogens is 416 g/mol. The molecule has 0 saturated carbocycles. The number of piperazine rings is 1. The Morgan fingerprint density at radius 3 is 2.55 bits per heavy atom. The van der Waals surface area contributed by atoms with E-state index < -0.39 is 16.1 Å². The molecule has 2 aromatic rings. The number of nitrogens with zero attached hydrogens (tertiary/aromatic N) is 5. The Balaban J connectivity index is 1.51. The Morgan fingerprint density at radius 1 is 1.13 bits per heavy atom. The van der Waals surface area contributed by atoms with E-state index in [2.05, 4.69) is 31.5 Å². The second-order valence-corrected chi connectivity index (χ2v) is 9.25. The minimum absolute atomic E-state index is 0.0711. The van der Waals surface area contributed by atoms with Gasteiger partial charge in [-0.25, -0.2) is 18.4 Å². The Morgan fingerprint density at radius 2 is 1.84 bits per heavy atom. The molecule has 31 heavy (non-hydrogen) atoms. The van der Waals surface area contributed by atoms with Gasteiger partial charge >= 0.3 is 0 Å². The van der Waals surface area contributed by atoms with Crippen LogP contribution in [0, 0.1) is 0 Å². The Labute approximate surface area is 182 Å². The van der Waals surface area contributed by atoms with E-state index in [-0.39, 0.29) is 16.6 Å². The van der Waals surface area contributed by atoms with Crippen LogP contribution in [0.4, 0.5) is 5.95 Å². The lowest BCUT2D eigenvalue weighted by Crippen LogP contribution is -2.51. The molecule has 1 fully saturated rings. The van der Waals surface area contributed by atoms with Crippen molar-refractivity contribution in [1.29, 1.82) is 0 Å². The average Bonchev–Trinajstić information content (AvgIpc) is 3.07. The number of rotatable bonds is 6. The van der Waals surface area contributed by atoms with Gasteiger partial charge in [0.1, 0.15) is 11.9 Å². The molecule has 164 valence electrons. The molecule has 1 aromatic heterocycles. The van der Waals surface area contributed by atoms with E-state index in [1.54, 1.807) is 47.6 Å². The number of hydrogen-bond acceptors (Lipinski definition) is 7. The van der Waals surface area contributed by atoms with Crippen molar-refractivity contribution >= 4 is 27.7 Å². The van der Waals surface area contributed by atoms with Gasteiger partial charge in [0.15, 0.2) is 0 Å². The van der Waals surface area contributed by atoms with Crippen LogP contribution >= 0.6 is 0 Å². The fourth-order valence-electron chi connectivity index (χ4n) is 3.82. The maximum atomic E-state index is 13.3. The summed E-state index contributed by atoms with van der Waals surface area (Å²) < 4.78 is 27.3. The van der Waals surface area contributed by atoms with Crippen LogP contribution in [-0.2, 0) is 14.8 Å². The van der Waals surface area contributed by atoms with Crippen molar-refractivity contribution in [2.75, 3.05) is 31.1 Å². The maximum Gasteiger partial charge on any atom is 0.263 e. The van der Waals surface area contributed by atoms with Crippen molar-refractivity contribution in [3.05, 3.63) is 48.3 Å². The summed E-state index contributed by atoms with van der Waals surface area (Å²) in [4.78, 5) is 30.5. The number of sulfonamides is 1. The number of amidine groups is 1. The smallest absolute Gasteiger partial charge is 0.263 e. The number of anilines is 1. The molecule has 1 saturated heterocycles. The zero-order valence-corrected chi connectivity index (χ0v) is 18.3. The van der Waals surface area contributed by atoms with Crippen molar-refractivity contribution < 1.29 is 13.2 Å². The van der Waals surface area contributed by atoms with Gasteiger partial charge in [-0.15, -0.1) is 0 Å². The highest BCUT2D eigenvalue weighted by Gasteiger charge is 2.33. The molecule has 0 bridgehead atoms. The van der Waals surface area contributed by atoms with E-state index in [1.165, 1.54) is 0 Å². The molecule has 1 unspecified atom stereocenters. The average molecular weight is 443 g/mol. The lowest BCUT2D eigenvalue weighted by Gasteiger charge is -2.35. The summed E-state index contributed by atoms with van der Waals surface area (Å²) in [5.41, 5.74) is 0.517. The second kappa shape index (κ2) is 9.01. The third-order valence-electron chi connectivity index (χ3n) is 5.49. The van der Waals surface area contributed by atoms with Gasteiger partial charge in [-0.05, 0) is 24.6 Å². The number of benzene rings is 1. The minimum Gasteiger partial charge on any atom is -0.337 e.